The van der Waals surface area contributed by atoms with Crippen LogP contribution in [0.3, 0.4) is 0 Å². The zero-order chi connectivity index (χ0) is 16.6. The number of amides is 2. The number of nitrogens with zero attached hydrogens (tertiary/aromatic N) is 3. The number of likely N-dealkylation sites (N-methyl/N-ethyl adjacent to an activating group) is 1. The molecule has 126 valence electrons. The van der Waals surface area contributed by atoms with E-state index in [1.54, 1.807) is 11.9 Å². The van der Waals surface area contributed by atoms with Gasteiger partial charge in [0.05, 0.1) is 30.9 Å². The summed E-state index contributed by atoms with van der Waals surface area (Å²) >= 11 is 0. The van der Waals surface area contributed by atoms with Crippen LogP contribution in [0.1, 0.15) is 23.4 Å². The molecule has 2 amide bonds. The third-order valence-electron chi connectivity index (χ3n) is 5.03. The highest BCUT2D eigenvalue weighted by Crippen LogP contribution is 2.20. The summed E-state index contributed by atoms with van der Waals surface area (Å²) in [7, 11) is 1.80. The lowest BCUT2D eigenvalue weighted by Gasteiger charge is -2.29. The number of aromatic nitrogens is 2. The van der Waals surface area contributed by atoms with Gasteiger partial charge in [0, 0.05) is 38.7 Å². The summed E-state index contributed by atoms with van der Waals surface area (Å²) in [5.74, 6) is -0.0718. The van der Waals surface area contributed by atoms with Crippen molar-refractivity contribution < 1.29 is 14.3 Å². The maximum Gasteiger partial charge on any atom is 0.229 e. The third kappa shape index (κ3) is 3.10. The maximum atomic E-state index is 12.6. The van der Waals surface area contributed by atoms with Crippen LogP contribution in [0.2, 0.25) is 0 Å². The van der Waals surface area contributed by atoms with Crippen molar-refractivity contribution >= 4 is 11.8 Å². The Labute approximate surface area is 136 Å². The number of hydrogen-bond acceptors (Lipinski definition) is 4. The van der Waals surface area contributed by atoms with Crippen LogP contribution in [0.25, 0.3) is 0 Å². The van der Waals surface area contributed by atoms with Crippen molar-refractivity contribution in [1.82, 2.24) is 20.0 Å². The number of carbonyl (C=O) groups is 2. The number of hydrogen-bond donors (Lipinski definition) is 1. The molecule has 1 N–H and O–H groups in total. The van der Waals surface area contributed by atoms with Crippen LogP contribution in [0.15, 0.2) is 0 Å². The van der Waals surface area contributed by atoms with Gasteiger partial charge in [-0.05, 0) is 19.4 Å². The van der Waals surface area contributed by atoms with Gasteiger partial charge in [-0.15, -0.1) is 0 Å². The lowest BCUT2D eigenvalue weighted by Crippen LogP contribution is -2.45. The summed E-state index contributed by atoms with van der Waals surface area (Å²) in [5.41, 5.74) is 3.11. The van der Waals surface area contributed by atoms with Gasteiger partial charge in [0.1, 0.15) is 0 Å². The first-order chi connectivity index (χ1) is 11.0. The molecule has 0 unspecified atom stereocenters. The van der Waals surface area contributed by atoms with E-state index in [9.17, 15) is 9.59 Å². The van der Waals surface area contributed by atoms with Crippen molar-refractivity contribution in [2.75, 3.05) is 33.4 Å². The summed E-state index contributed by atoms with van der Waals surface area (Å²) < 4.78 is 5.56. The first-order valence-corrected chi connectivity index (χ1v) is 8.10. The van der Waals surface area contributed by atoms with Crippen LogP contribution in [0.4, 0.5) is 0 Å². The number of carbonyl (C=O) groups excluding carboxylic acids is 2. The first kappa shape index (κ1) is 16.0. The Morgan fingerprint density at radius 3 is 2.83 bits per heavy atom. The summed E-state index contributed by atoms with van der Waals surface area (Å²) in [6.07, 6.45) is 1.05. The topological polar surface area (TPSA) is 78.5 Å². The van der Waals surface area contributed by atoms with Gasteiger partial charge < -0.3 is 14.5 Å². The van der Waals surface area contributed by atoms with E-state index in [1.165, 1.54) is 0 Å². The Morgan fingerprint density at radius 1 is 1.35 bits per heavy atom. The van der Waals surface area contributed by atoms with Crippen LogP contribution >= 0.6 is 0 Å². The molecule has 2 aliphatic rings. The number of fused-ring (bicyclic) bond motifs is 3. The van der Waals surface area contributed by atoms with Crippen LogP contribution in [0.5, 0.6) is 0 Å². The average molecular weight is 320 g/mol. The predicted octanol–water partition coefficient (Wildman–Crippen LogP) is 0.275. The van der Waals surface area contributed by atoms with E-state index in [2.05, 4.69) is 10.2 Å². The van der Waals surface area contributed by atoms with Crippen molar-refractivity contribution in [3.8, 4) is 0 Å². The summed E-state index contributed by atoms with van der Waals surface area (Å²) in [6.45, 7) is 5.90. The van der Waals surface area contributed by atoms with Gasteiger partial charge in [-0.25, -0.2) is 0 Å². The largest absolute Gasteiger partial charge is 0.378 e. The Bertz CT molecular complexity index is 612. The van der Waals surface area contributed by atoms with Crippen molar-refractivity contribution in [2.45, 2.75) is 32.7 Å². The average Bonchev–Trinajstić information content (AvgIpc) is 2.69. The van der Waals surface area contributed by atoms with Crippen molar-refractivity contribution in [3.63, 3.8) is 0 Å². The van der Waals surface area contributed by atoms with Crippen LogP contribution in [0, 0.1) is 19.8 Å². The van der Waals surface area contributed by atoms with Gasteiger partial charge in [0.25, 0.3) is 0 Å². The minimum atomic E-state index is -0.245. The molecule has 3 rings (SSSR count). The molecule has 7 nitrogen and oxygen atoms in total. The van der Waals surface area contributed by atoms with E-state index < -0.39 is 0 Å². The summed E-state index contributed by atoms with van der Waals surface area (Å²) in [4.78, 5) is 28.5. The fourth-order valence-corrected chi connectivity index (χ4v) is 3.26. The van der Waals surface area contributed by atoms with E-state index >= 15 is 0 Å². The molecular weight excluding hydrogens is 296 g/mol. The molecule has 0 saturated carbocycles. The minimum absolute atomic E-state index is 0.0479. The normalized spacial score (nSPS) is 24.7. The fourth-order valence-electron chi connectivity index (χ4n) is 3.26. The quantitative estimate of drug-likeness (QED) is 0.867. The molecule has 0 radical (unpaired) electrons. The van der Waals surface area contributed by atoms with Crippen LogP contribution in [-0.2, 0) is 20.7 Å². The molecule has 7 heteroatoms. The van der Waals surface area contributed by atoms with E-state index in [4.69, 9.17) is 4.74 Å². The van der Waals surface area contributed by atoms with Crippen molar-refractivity contribution in [2.24, 2.45) is 5.92 Å². The zero-order valence-electron chi connectivity index (χ0n) is 14.0. The molecule has 23 heavy (non-hydrogen) atoms. The Hall–Kier alpha value is -1.89. The number of aryl methyl sites for hydroxylation is 2. The highest BCUT2D eigenvalue weighted by molar-refractivity contribution is 5.82. The van der Waals surface area contributed by atoms with Crippen molar-refractivity contribution in [1.29, 1.82) is 0 Å². The Balaban J connectivity index is 1.65. The monoisotopic (exact) mass is 320 g/mol. The van der Waals surface area contributed by atoms with E-state index in [1.807, 2.05) is 18.7 Å². The molecule has 0 spiro atoms. The molecule has 0 aromatic carbocycles. The van der Waals surface area contributed by atoms with Gasteiger partial charge in [-0.3, -0.25) is 14.7 Å². The van der Waals surface area contributed by atoms with Gasteiger partial charge >= 0.3 is 0 Å². The van der Waals surface area contributed by atoms with E-state index in [-0.39, 0.29) is 23.8 Å². The zero-order valence-corrected chi connectivity index (χ0v) is 14.0. The molecule has 2 fully saturated rings. The number of ether oxygens (including phenoxy) is 1. The van der Waals surface area contributed by atoms with Crippen LogP contribution < -0.4 is 0 Å². The molecule has 1 aromatic rings. The number of aromatic amines is 1. The summed E-state index contributed by atoms with van der Waals surface area (Å²) in [5, 5.41) is 7.21. The number of nitrogens with one attached hydrogen (secondary N) is 1. The second kappa shape index (κ2) is 6.31. The minimum Gasteiger partial charge on any atom is -0.378 e. The lowest BCUT2D eigenvalue weighted by atomic mass is 10.1. The standard InChI is InChI=1S/C16H24N4O3/c1-10-11(2)17-18-14(10)4-5-15(21)20-6-12-8-23-9-13(7-20)19(3)16(12)22/h12-13H,4-9H2,1-3H3,(H,17,18)/t12-,13+/m1/s1. The van der Waals surface area contributed by atoms with E-state index in [0.29, 0.717) is 39.1 Å². The molecule has 2 saturated heterocycles. The predicted molar refractivity (Wildman–Crippen MR) is 83.8 cm³/mol. The molecule has 0 aliphatic carbocycles. The molecule has 2 atom stereocenters. The van der Waals surface area contributed by atoms with Gasteiger partial charge in [-0.2, -0.15) is 5.10 Å². The second-order valence-electron chi connectivity index (χ2n) is 6.56. The lowest BCUT2D eigenvalue weighted by molar-refractivity contribution is -0.134. The van der Waals surface area contributed by atoms with Crippen LogP contribution in [-0.4, -0.2) is 71.2 Å². The number of rotatable bonds is 3. The number of H-pyrrole nitrogens is 1. The molecule has 2 bridgehead atoms. The van der Waals surface area contributed by atoms with E-state index in [0.717, 1.165) is 17.0 Å². The second-order valence-corrected chi connectivity index (χ2v) is 6.56. The summed E-state index contributed by atoms with van der Waals surface area (Å²) in [6, 6.07) is -0.0479. The molecule has 1 aromatic heterocycles. The highest BCUT2D eigenvalue weighted by Gasteiger charge is 2.38. The van der Waals surface area contributed by atoms with Crippen molar-refractivity contribution in [3.05, 3.63) is 17.0 Å². The first-order valence-electron chi connectivity index (χ1n) is 8.10. The highest BCUT2D eigenvalue weighted by atomic mass is 16.5. The van der Waals surface area contributed by atoms with Gasteiger partial charge in [0.2, 0.25) is 11.8 Å². The molecule has 2 aliphatic heterocycles. The SMILES string of the molecule is Cc1[nH]nc(CCC(=O)N2C[C@@H]3COC[C@H](C2)N(C)C3=O)c1C. The Morgan fingerprint density at radius 2 is 2.13 bits per heavy atom. The Kier molecular flexibility index (Phi) is 4.39. The third-order valence-corrected chi connectivity index (χ3v) is 5.03. The molecule has 3 heterocycles. The molecular formula is C16H24N4O3. The van der Waals surface area contributed by atoms with Gasteiger partial charge in [-0.1, -0.05) is 0 Å². The maximum absolute atomic E-state index is 12.6. The smallest absolute Gasteiger partial charge is 0.229 e. The van der Waals surface area contributed by atoms with Gasteiger partial charge in [0.15, 0.2) is 0 Å². The fraction of sp³-hybridized carbons (Fsp3) is 0.688.